The summed E-state index contributed by atoms with van der Waals surface area (Å²) in [6, 6.07) is 0. The summed E-state index contributed by atoms with van der Waals surface area (Å²) in [6.45, 7) is 29.8. The summed E-state index contributed by atoms with van der Waals surface area (Å²) in [5, 5.41) is 0. The Kier molecular flexibility index (Phi) is 5.59. The van der Waals surface area contributed by atoms with Gasteiger partial charge in [-0.2, -0.15) is 0 Å². The van der Waals surface area contributed by atoms with Gasteiger partial charge >= 0.3 is 0 Å². The van der Waals surface area contributed by atoms with Crippen LogP contribution >= 0.6 is 0 Å². The molecule has 148 valence electrons. The molecule has 0 saturated carbocycles. The molecule has 0 aliphatic carbocycles. The Bertz CT molecular complexity index is 780. The highest BCUT2D eigenvalue weighted by molar-refractivity contribution is 5.80. The molecule has 0 amide bonds. The molecule has 0 bridgehead atoms. The van der Waals surface area contributed by atoms with Crippen molar-refractivity contribution in [3.8, 4) is 0 Å². The van der Waals surface area contributed by atoms with E-state index in [1.807, 2.05) is 0 Å². The minimum absolute atomic E-state index is 0.0205. The SMILES string of the molecule is Cc1c(C)c(C)c(N(c2c(C)c(C)c(C)c(C)c2C)C(C)(C)C)c(C)c1C. The number of hydrogen-bond acceptors (Lipinski definition) is 1. The van der Waals surface area contributed by atoms with Crippen LogP contribution in [0.4, 0.5) is 11.4 Å². The molecule has 0 aromatic heterocycles. The third-order valence-electron chi connectivity index (χ3n) is 7.04. The molecule has 2 aromatic carbocycles. The first-order valence-electron chi connectivity index (χ1n) is 10.2. The molecule has 2 aromatic rings. The normalized spacial score (nSPS) is 11.9. The summed E-state index contributed by atoms with van der Waals surface area (Å²) < 4.78 is 0. The highest BCUT2D eigenvalue weighted by Crippen LogP contribution is 2.45. The van der Waals surface area contributed by atoms with Gasteiger partial charge in [0.05, 0.1) is 0 Å². The van der Waals surface area contributed by atoms with Crippen LogP contribution in [0.25, 0.3) is 0 Å². The lowest BCUT2D eigenvalue weighted by atomic mass is 9.87. The quantitative estimate of drug-likeness (QED) is 0.527. The van der Waals surface area contributed by atoms with Crippen LogP contribution in [0.3, 0.4) is 0 Å². The number of hydrogen-bond donors (Lipinski definition) is 0. The first-order chi connectivity index (χ1) is 12.2. The largest absolute Gasteiger partial charge is 0.335 e. The number of rotatable bonds is 2. The van der Waals surface area contributed by atoms with Crippen molar-refractivity contribution < 1.29 is 0 Å². The van der Waals surface area contributed by atoms with Gasteiger partial charge in [0.1, 0.15) is 0 Å². The second-order valence-electron chi connectivity index (χ2n) is 9.45. The summed E-state index contributed by atoms with van der Waals surface area (Å²) in [6.07, 6.45) is 0. The molecule has 0 N–H and O–H groups in total. The predicted octanol–water partition coefficient (Wildman–Crippen LogP) is 7.71. The van der Waals surface area contributed by atoms with Gasteiger partial charge in [0.25, 0.3) is 0 Å². The Hall–Kier alpha value is -1.76. The van der Waals surface area contributed by atoms with E-state index in [-0.39, 0.29) is 5.54 Å². The minimum Gasteiger partial charge on any atom is -0.335 e. The summed E-state index contributed by atoms with van der Waals surface area (Å²) in [4.78, 5) is 2.61. The molecular formula is C26H39N. The van der Waals surface area contributed by atoms with Gasteiger partial charge in [-0.25, -0.2) is 0 Å². The zero-order chi connectivity index (χ0) is 21.0. The topological polar surface area (TPSA) is 3.24 Å². The van der Waals surface area contributed by atoms with E-state index in [2.05, 4.69) is 94.9 Å². The molecule has 2 rings (SSSR count). The minimum atomic E-state index is -0.0205. The summed E-state index contributed by atoms with van der Waals surface area (Å²) >= 11 is 0. The molecule has 0 aliphatic heterocycles. The lowest BCUT2D eigenvalue weighted by Crippen LogP contribution is -2.40. The van der Waals surface area contributed by atoms with Crippen molar-refractivity contribution in [1.29, 1.82) is 0 Å². The molecule has 0 unspecified atom stereocenters. The van der Waals surface area contributed by atoms with Crippen LogP contribution in [0.1, 0.15) is 76.4 Å². The summed E-state index contributed by atoms with van der Waals surface area (Å²) in [5.41, 5.74) is 16.9. The first kappa shape index (κ1) is 21.5. The molecule has 0 aliphatic rings. The molecule has 0 heterocycles. The van der Waals surface area contributed by atoms with Gasteiger partial charge in [-0.05, 0) is 146 Å². The average Bonchev–Trinajstić information content (AvgIpc) is 2.59. The first-order valence-corrected chi connectivity index (χ1v) is 10.2. The molecule has 0 atom stereocenters. The van der Waals surface area contributed by atoms with Crippen LogP contribution in [0.5, 0.6) is 0 Å². The lowest BCUT2D eigenvalue weighted by Gasteiger charge is -2.43. The van der Waals surface area contributed by atoms with E-state index in [0.29, 0.717) is 0 Å². The molecule has 1 heteroatoms. The molecular weight excluding hydrogens is 326 g/mol. The van der Waals surface area contributed by atoms with E-state index in [0.717, 1.165) is 0 Å². The van der Waals surface area contributed by atoms with Gasteiger partial charge in [-0.1, -0.05) is 0 Å². The Morgan fingerprint density at radius 2 is 0.556 bits per heavy atom. The Morgan fingerprint density at radius 3 is 0.741 bits per heavy atom. The third-order valence-corrected chi connectivity index (χ3v) is 7.04. The van der Waals surface area contributed by atoms with Gasteiger partial charge in [0.2, 0.25) is 0 Å². The zero-order valence-electron chi connectivity index (χ0n) is 19.9. The van der Waals surface area contributed by atoms with E-state index in [9.17, 15) is 0 Å². The van der Waals surface area contributed by atoms with E-state index in [4.69, 9.17) is 0 Å². The van der Waals surface area contributed by atoms with Gasteiger partial charge in [-0.15, -0.1) is 0 Å². The third kappa shape index (κ3) is 3.30. The predicted molar refractivity (Wildman–Crippen MR) is 122 cm³/mol. The van der Waals surface area contributed by atoms with Gasteiger partial charge in [-0.3, -0.25) is 0 Å². The highest BCUT2D eigenvalue weighted by Gasteiger charge is 2.31. The van der Waals surface area contributed by atoms with Gasteiger partial charge < -0.3 is 4.90 Å². The van der Waals surface area contributed by atoms with Crippen LogP contribution in [-0.4, -0.2) is 5.54 Å². The van der Waals surface area contributed by atoms with Crippen molar-refractivity contribution in [2.24, 2.45) is 0 Å². The molecule has 27 heavy (non-hydrogen) atoms. The molecule has 1 nitrogen and oxygen atoms in total. The van der Waals surface area contributed by atoms with Gasteiger partial charge in [0, 0.05) is 16.9 Å². The van der Waals surface area contributed by atoms with E-state index >= 15 is 0 Å². The molecule has 0 spiro atoms. The van der Waals surface area contributed by atoms with Gasteiger partial charge in [0.15, 0.2) is 0 Å². The second-order valence-corrected chi connectivity index (χ2v) is 9.45. The maximum Gasteiger partial charge on any atom is 0.0480 e. The highest BCUT2D eigenvalue weighted by atomic mass is 15.2. The maximum absolute atomic E-state index is 2.61. The second kappa shape index (κ2) is 7.00. The Balaban J connectivity index is 3.04. The zero-order valence-corrected chi connectivity index (χ0v) is 19.9. The van der Waals surface area contributed by atoms with Crippen molar-refractivity contribution >= 4 is 11.4 Å². The van der Waals surface area contributed by atoms with Crippen molar-refractivity contribution in [2.45, 2.75) is 95.5 Å². The summed E-state index contributed by atoms with van der Waals surface area (Å²) in [5.74, 6) is 0. The van der Waals surface area contributed by atoms with Crippen molar-refractivity contribution in [3.63, 3.8) is 0 Å². The fourth-order valence-electron chi connectivity index (χ4n) is 4.41. The van der Waals surface area contributed by atoms with E-state index in [1.165, 1.54) is 67.0 Å². The van der Waals surface area contributed by atoms with E-state index in [1.54, 1.807) is 0 Å². The smallest absolute Gasteiger partial charge is 0.0480 e. The van der Waals surface area contributed by atoms with Crippen LogP contribution < -0.4 is 4.90 Å². The fourth-order valence-corrected chi connectivity index (χ4v) is 4.41. The van der Waals surface area contributed by atoms with E-state index < -0.39 is 0 Å². The number of nitrogens with zero attached hydrogens (tertiary/aromatic N) is 1. The fraction of sp³-hybridized carbons (Fsp3) is 0.538. The average molecular weight is 366 g/mol. The van der Waals surface area contributed by atoms with Crippen molar-refractivity contribution in [1.82, 2.24) is 0 Å². The molecule has 0 saturated heterocycles. The molecule has 0 fully saturated rings. The standard InChI is InChI=1S/C26H39N/c1-14-16(3)20(7)24(21(8)17(14)4)27(26(11,12)13)25-22(9)18(5)15(2)19(6)23(25)10/h1-13H3. The molecule has 0 radical (unpaired) electrons. The number of anilines is 2. The van der Waals surface area contributed by atoms with Crippen LogP contribution in [-0.2, 0) is 0 Å². The van der Waals surface area contributed by atoms with Crippen LogP contribution in [0.2, 0.25) is 0 Å². The Labute approximate surface area is 167 Å². The number of benzene rings is 2. The Morgan fingerprint density at radius 1 is 0.370 bits per heavy atom. The maximum atomic E-state index is 2.61. The summed E-state index contributed by atoms with van der Waals surface area (Å²) in [7, 11) is 0. The van der Waals surface area contributed by atoms with Crippen LogP contribution in [0.15, 0.2) is 0 Å². The van der Waals surface area contributed by atoms with Crippen molar-refractivity contribution in [2.75, 3.05) is 4.90 Å². The lowest BCUT2D eigenvalue weighted by molar-refractivity contribution is 0.556. The van der Waals surface area contributed by atoms with Crippen LogP contribution in [0, 0.1) is 69.2 Å². The van der Waals surface area contributed by atoms with Crippen molar-refractivity contribution in [3.05, 3.63) is 55.6 Å². The monoisotopic (exact) mass is 365 g/mol.